The summed E-state index contributed by atoms with van der Waals surface area (Å²) in [5.74, 6) is 10.1. The summed E-state index contributed by atoms with van der Waals surface area (Å²) in [6.07, 6.45) is 18.0. The van der Waals surface area contributed by atoms with Crippen molar-refractivity contribution in [1.29, 1.82) is 0 Å². The van der Waals surface area contributed by atoms with Crippen LogP contribution in [0, 0.1) is 35.5 Å². The van der Waals surface area contributed by atoms with E-state index in [0.29, 0.717) is 11.1 Å². The van der Waals surface area contributed by atoms with Gasteiger partial charge in [-0.15, -0.1) is 0 Å². The van der Waals surface area contributed by atoms with Crippen LogP contribution in [0.5, 0.6) is 0 Å². The van der Waals surface area contributed by atoms with Crippen LogP contribution in [0.2, 0.25) is 0 Å². The quantitative estimate of drug-likeness (QED) is 0.0569. The molecule has 2 saturated carbocycles. The number of carbonyl (C=O) groups is 6. The van der Waals surface area contributed by atoms with Crippen molar-refractivity contribution in [2.24, 2.45) is 11.8 Å². The Morgan fingerprint density at radius 3 is 1.33 bits per heavy atom. The van der Waals surface area contributed by atoms with Gasteiger partial charge in [0.15, 0.2) is 11.8 Å². The number of aliphatic hydroxyl groups excluding tert-OH is 2. The van der Waals surface area contributed by atoms with E-state index in [4.69, 9.17) is 10.2 Å². The van der Waals surface area contributed by atoms with Crippen LogP contribution in [0.3, 0.4) is 0 Å². The largest absolute Gasteiger partial charge is 0.467 e. The number of aryl methyl sites for hydroxylation is 2. The van der Waals surface area contributed by atoms with Crippen molar-refractivity contribution in [2.75, 3.05) is 49.0 Å². The van der Waals surface area contributed by atoms with Crippen LogP contribution in [0.1, 0.15) is 92.6 Å². The predicted octanol–water partition coefficient (Wildman–Crippen LogP) is 5.90. The zero-order valence-electron chi connectivity index (χ0n) is 40.9. The third-order valence-corrected chi connectivity index (χ3v) is 11.7. The highest BCUT2D eigenvalue weighted by atomic mass is 16.5. The van der Waals surface area contributed by atoms with Crippen LogP contribution >= 0.6 is 0 Å². The number of hydrogen-bond donors (Lipinski definition) is 4. The van der Waals surface area contributed by atoms with Gasteiger partial charge in [0.25, 0.3) is 17.7 Å². The van der Waals surface area contributed by atoms with Crippen LogP contribution in [-0.4, -0.2) is 116 Å². The van der Waals surface area contributed by atoms with Crippen molar-refractivity contribution in [3.63, 3.8) is 0 Å². The zero-order valence-corrected chi connectivity index (χ0v) is 40.9. The summed E-state index contributed by atoms with van der Waals surface area (Å²) >= 11 is 0. The van der Waals surface area contributed by atoms with Gasteiger partial charge in [0.05, 0.1) is 7.11 Å². The van der Waals surface area contributed by atoms with Crippen LogP contribution in [0.4, 0.5) is 0 Å². The molecule has 4 amide bonds. The minimum atomic E-state index is -1.39. The van der Waals surface area contributed by atoms with E-state index in [2.05, 4.69) is 87.6 Å². The van der Waals surface area contributed by atoms with Gasteiger partial charge in [-0.1, -0.05) is 97.9 Å². The Kier molecular flexibility index (Phi) is 22.5. The molecule has 2 aliphatic carbocycles. The zero-order chi connectivity index (χ0) is 51.0. The van der Waals surface area contributed by atoms with E-state index in [1.165, 1.54) is 85.0 Å². The molecule has 2 aliphatic rings. The first-order valence-electron chi connectivity index (χ1n) is 23.2. The third kappa shape index (κ3) is 17.5. The normalized spacial score (nSPS) is 13.3. The fourth-order valence-electron chi connectivity index (χ4n) is 7.16. The molecular weight excluding hydrogens is 885 g/mol. The summed E-state index contributed by atoms with van der Waals surface area (Å²) in [4.78, 5) is 75.5. The number of ketones is 1. The number of methoxy groups -OCH3 is 1. The smallest absolute Gasteiger partial charge is 0.338 e. The summed E-state index contributed by atoms with van der Waals surface area (Å²) in [5.41, 5.74) is 7.07. The summed E-state index contributed by atoms with van der Waals surface area (Å²) < 4.78 is 4.66. The number of nitrogens with one attached hydrogen (secondary N) is 2. The highest BCUT2D eigenvalue weighted by Gasteiger charge is 2.35. The summed E-state index contributed by atoms with van der Waals surface area (Å²) in [6, 6.07) is 27.7. The second-order valence-electron chi connectivity index (χ2n) is 16.8. The lowest BCUT2D eigenvalue weighted by atomic mass is 10.1. The molecule has 2 atom stereocenters. The molecule has 0 bridgehead atoms. The molecule has 366 valence electrons. The monoisotopic (exact) mass is 948 g/mol. The number of amides is 4. The topological polar surface area (TPSA) is 183 Å². The number of nitrogens with zero attached hydrogens (tertiary/aromatic N) is 2. The summed E-state index contributed by atoms with van der Waals surface area (Å²) in [6.45, 7) is -0.831. The van der Waals surface area contributed by atoms with Crippen molar-refractivity contribution in [1.82, 2.24) is 20.4 Å². The molecule has 0 aromatic heterocycles. The lowest BCUT2D eigenvalue weighted by molar-refractivity contribution is -0.150. The van der Waals surface area contributed by atoms with E-state index in [0.717, 1.165) is 63.8 Å². The van der Waals surface area contributed by atoms with Gasteiger partial charge in [-0.3, -0.25) is 24.0 Å². The van der Waals surface area contributed by atoms with Gasteiger partial charge in [-0.25, -0.2) is 4.79 Å². The van der Waals surface area contributed by atoms with Gasteiger partial charge < -0.3 is 35.4 Å². The highest BCUT2D eigenvalue weighted by molar-refractivity contribution is 6.10. The number of esters is 1. The molecule has 2 unspecified atom stereocenters. The maximum absolute atomic E-state index is 12.7. The third-order valence-electron chi connectivity index (χ3n) is 11.7. The molecule has 70 heavy (non-hydrogen) atoms. The molecular formula is C57H64N4O9. The Bertz CT molecular complexity index is 2360. The predicted molar refractivity (Wildman–Crippen MR) is 272 cm³/mol. The van der Waals surface area contributed by atoms with Gasteiger partial charge in [-0.2, -0.15) is 0 Å². The second-order valence-corrected chi connectivity index (χ2v) is 16.8. The Balaban J connectivity index is 0.000000294. The molecule has 4 aromatic carbocycles. The summed E-state index contributed by atoms with van der Waals surface area (Å²) in [7, 11) is 7.67. The minimum Gasteiger partial charge on any atom is -0.467 e. The fraction of sp³-hybridized carbons (Fsp3) is 0.333. The number of Topliss-reactive ketones (excluding diaryl/α,β-unsaturated/α-hetero) is 1. The van der Waals surface area contributed by atoms with E-state index >= 15 is 0 Å². The number of carbonyl (C=O) groups excluding carboxylic acids is 6. The Morgan fingerprint density at radius 2 is 0.986 bits per heavy atom. The van der Waals surface area contributed by atoms with Gasteiger partial charge in [0, 0.05) is 57.6 Å². The number of aliphatic hydroxyl groups is 2. The minimum absolute atomic E-state index is 0.310. The maximum atomic E-state index is 12.7. The maximum Gasteiger partial charge on any atom is 0.338 e. The van der Waals surface area contributed by atoms with Crippen molar-refractivity contribution >= 4 is 47.5 Å². The first-order chi connectivity index (χ1) is 33.8. The van der Waals surface area contributed by atoms with Gasteiger partial charge >= 0.3 is 5.97 Å². The standard InChI is InChI=1S/2C28H30N2O4.CH4O/c1-29-26(31)25(28(33)34-3)30(2)27(32)24-18-16-21(17-19-24)7-5-4-6-20-8-10-22(11-9-20)12-13-23-14-15-23;1-29-27(33)26(25(32)19-31)30(2)28(34)24-17-15-21(16-18-24)6-4-3-5-20-7-9-22(10-8-20)11-12-23-13-14-23;1-2/h4,6,8-11,16-19,23,25H,12-15H2,1-3H3,(H,29,31);3,5,7-10,15-18,23,26,31H,11-14,19H2,1-2H3,(H,29,33);2H,1H3/b6-4+;5-3+;. The fourth-order valence-corrected chi connectivity index (χ4v) is 7.16. The van der Waals surface area contributed by atoms with E-state index in [1.807, 2.05) is 12.2 Å². The average Bonchev–Trinajstić information content (AvgIpc) is 4.36. The van der Waals surface area contributed by atoms with Gasteiger partial charge in [0.1, 0.15) is 6.61 Å². The van der Waals surface area contributed by atoms with E-state index in [-0.39, 0.29) is 0 Å². The molecule has 2 fully saturated rings. The van der Waals surface area contributed by atoms with Crippen LogP contribution in [0.25, 0.3) is 12.2 Å². The van der Waals surface area contributed by atoms with Crippen molar-refractivity contribution in [2.45, 2.75) is 63.5 Å². The SMILES string of the molecule is CNC(=O)C(C(=O)CO)N(C)C(=O)c1ccc(C#C/C=C/c2ccc(CCC3CC3)cc2)cc1.CNC(=O)C(C(=O)OC)N(C)C(=O)c1ccc(C#C/C=C/c2ccc(CCC3CC3)cc2)cc1.CO. The van der Waals surface area contributed by atoms with Gasteiger partial charge in [0.2, 0.25) is 11.9 Å². The number of allylic oxidation sites excluding steroid dienone is 2. The molecule has 0 spiro atoms. The molecule has 13 nitrogen and oxygen atoms in total. The molecule has 4 aromatic rings. The van der Waals surface area contributed by atoms with Crippen molar-refractivity contribution in [3.8, 4) is 23.7 Å². The first-order valence-corrected chi connectivity index (χ1v) is 23.2. The molecule has 0 radical (unpaired) electrons. The second kappa shape index (κ2) is 28.7. The van der Waals surface area contributed by atoms with Crippen LogP contribution in [0.15, 0.2) is 109 Å². The highest BCUT2D eigenvalue weighted by Crippen LogP contribution is 2.34. The Labute approximate surface area is 412 Å². The van der Waals surface area contributed by atoms with Gasteiger partial charge in [-0.05, 0) is 133 Å². The van der Waals surface area contributed by atoms with Crippen molar-refractivity contribution in [3.05, 3.63) is 154 Å². The number of hydrogen-bond acceptors (Lipinski definition) is 9. The number of likely N-dealkylation sites (N-methyl/N-ethyl adjacent to an activating group) is 4. The van der Waals surface area contributed by atoms with E-state index in [9.17, 15) is 28.8 Å². The summed E-state index contributed by atoms with van der Waals surface area (Å²) in [5, 5.41) is 20.8. The lowest BCUT2D eigenvalue weighted by Gasteiger charge is -2.25. The Hall–Kier alpha value is -7.58. The molecule has 0 aliphatic heterocycles. The molecule has 0 saturated heterocycles. The lowest BCUT2D eigenvalue weighted by Crippen LogP contribution is -2.52. The van der Waals surface area contributed by atoms with E-state index in [1.54, 1.807) is 60.7 Å². The number of ether oxygens (including phenoxy) is 1. The average molecular weight is 949 g/mol. The van der Waals surface area contributed by atoms with Crippen molar-refractivity contribution < 1.29 is 43.7 Å². The van der Waals surface area contributed by atoms with Crippen LogP contribution in [-0.2, 0) is 36.8 Å². The Morgan fingerprint density at radius 1 is 0.614 bits per heavy atom. The molecule has 6 rings (SSSR count). The first kappa shape index (κ1) is 55.0. The molecule has 4 N–H and O–H groups in total. The number of rotatable bonds is 17. The molecule has 0 heterocycles. The number of benzene rings is 4. The molecule has 13 heteroatoms. The van der Waals surface area contributed by atoms with E-state index < -0.39 is 54.1 Å². The van der Waals surface area contributed by atoms with Crippen LogP contribution < -0.4 is 10.6 Å².